The fourth-order valence-corrected chi connectivity index (χ4v) is 4.03. The molecule has 30 heavy (non-hydrogen) atoms. The van der Waals surface area contributed by atoms with Gasteiger partial charge in [-0.15, -0.1) is 10.2 Å². The third-order valence-electron chi connectivity index (χ3n) is 4.99. The van der Waals surface area contributed by atoms with Crippen molar-refractivity contribution in [1.29, 1.82) is 0 Å². The van der Waals surface area contributed by atoms with Gasteiger partial charge in [-0.1, -0.05) is 17.3 Å². The van der Waals surface area contributed by atoms with Gasteiger partial charge in [0.25, 0.3) is 5.89 Å². The first-order valence-electron chi connectivity index (χ1n) is 9.44. The Morgan fingerprint density at radius 3 is 2.80 bits per heavy atom. The van der Waals surface area contributed by atoms with Crippen molar-refractivity contribution in [2.24, 2.45) is 7.05 Å². The number of halogens is 1. The SMILES string of the molecule is Cn1c(-c2ccncc2)nnc1N1CCOCC1c1nc(-c2cccc(I)c2)no1. The number of ether oxygens (including phenoxy) is 1. The lowest BCUT2D eigenvalue weighted by Gasteiger charge is -2.33. The molecule has 0 bridgehead atoms. The minimum atomic E-state index is -0.240. The number of pyridine rings is 1. The number of morpholine rings is 1. The molecule has 1 saturated heterocycles. The molecule has 1 aliphatic heterocycles. The standard InChI is InChI=1S/C20H18IN7O2/c1-27-18(13-5-7-22-8-6-13)24-25-20(27)28-9-10-29-12-16(28)19-23-17(26-30-19)14-3-2-4-15(21)11-14/h2-8,11,16H,9-10,12H2,1H3. The van der Waals surface area contributed by atoms with Crippen molar-refractivity contribution < 1.29 is 9.26 Å². The number of rotatable bonds is 4. The summed E-state index contributed by atoms with van der Waals surface area (Å²) < 4.78 is 14.4. The Kier molecular flexibility index (Phi) is 5.17. The average molecular weight is 515 g/mol. The van der Waals surface area contributed by atoms with Gasteiger partial charge in [0.15, 0.2) is 5.82 Å². The molecule has 0 radical (unpaired) electrons. The fourth-order valence-electron chi connectivity index (χ4n) is 3.49. The Hall–Kier alpha value is -2.86. The van der Waals surface area contributed by atoms with E-state index < -0.39 is 0 Å². The molecule has 1 aliphatic rings. The van der Waals surface area contributed by atoms with Crippen LogP contribution in [0.5, 0.6) is 0 Å². The van der Waals surface area contributed by atoms with Crippen LogP contribution in [0.2, 0.25) is 0 Å². The predicted molar refractivity (Wildman–Crippen MR) is 118 cm³/mol. The highest BCUT2D eigenvalue weighted by molar-refractivity contribution is 14.1. The van der Waals surface area contributed by atoms with Crippen molar-refractivity contribution in [3.05, 3.63) is 58.3 Å². The first-order valence-corrected chi connectivity index (χ1v) is 10.5. The molecule has 4 heterocycles. The van der Waals surface area contributed by atoms with Crippen LogP contribution in [0.25, 0.3) is 22.8 Å². The molecule has 4 aromatic rings. The summed E-state index contributed by atoms with van der Waals surface area (Å²) >= 11 is 2.27. The monoisotopic (exact) mass is 515 g/mol. The van der Waals surface area contributed by atoms with Crippen LogP contribution < -0.4 is 4.90 Å². The number of benzene rings is 1. The van der Waals surface area contributed by atoms with Gasteiger partial charge < -0.3 is 14.2 Å². The van der Waals surface area contributed by atoms with Crippen molar-refractivity contribution in [3.63, 3.8) is 0 Å². The summed E-state index contributed by atoms with van der Waals surface area (Å²) in [5.74, 6) is 2.55. The van der Waals surface area contributed by atoms with E-state index in [2.05, 4.69) is 52.8 Å². The third kappa shape index (κ3) is 3.56. The molecule has 0 aliphatic carbocycles. The number of hydrogen-bond acceptors (Lipinski definition) is 8. The highest BCUT2D eigenvalue weighted by Crippen LogP contribution is 2.31. The lowest BCUT2D eigenvalue weighted by molar-refractivity contribution is 0.0826. The van der Waals surface area contributed by atoms with Gasteiger partial charge in [-0.2, -0.15) is 4.98 Å². The van der Waals surface area contributed by atoms with E-state index in [4.69, 9.17) is 9.26 Å². The highest BCUT2D eigenvalue weighted by atomic mass is 127. The lowest BCUT2D eigenvalue weighted by atomic mass is 10.2. The molecule has 0 saturated carbocycles. The van der Waals surface area contributed by atoms with Crippen LogP contribution in [-0.2, 0) is 11.8 Å². The van der Waals surface area contributed by atoms with E-state index >= 15 is 0 Å². The Morgan fingerprint density at radius 1 is 1.10 bits per heavy atom. The summed E-state index contributed by atoms with van der Waals surface area (Å²) in [7, 11) is 1.95. The van der Waals surface area contributed by atoms with Gasteiger partial charge in [-0.3, -0.25) is 9.55 Å². The van der Waals surface area contributed by atoms with E-state index in [1.54, 1.807) is 12.4 Å². The van der Waals surface area contributed by atoms with Crippen LogP contribution in [0, 0.1) is 3.57 Å². The molecule has 10 heteroatoms. The molecule has 5 rings (SSSR count). The molecule has 1 unspecified atom stereocenters. The molecule has 0 amide bonds. The van der Waals surface area contributed by atoms with E-state index in [-0.39, 0.29) is 6.04 Å². The summed E-state index contributed by atoms with van der Waals surface area (Å²) in [5.41, 5.74) is 1.87. The Balaban J connectivity index is 1.47. The Morgan fingerprint density at radius 2 is 1.97 bits per heavy atom. The van der Waals surface area contributed by atoms with Crippen LogP contribution in [0.4, 0.5) is 5.95 Å². The highest BCUT2D eigenvalue weighted by Gasteiger charge is 2.33. The van der Waals surface area contributed by atoms with Crippen molar-refractivity contribution in [3.8, 4) is 22.8 Å². The second-order valence-corrected chi connectivity index (χ2v) is 8.11. The molecule has 1 aromatic carbocycles. The van der Waals surface area contributed by atoms with Gasteiger partial charge in [0, 0.05) is 40.7 Å². The average Bonchev–Trinajstić information content (AvgIpc) is 3.42. The first kappa shape index (κ1) is 19.1. The predicted octanol–water partition coefficient (Wildman–Crippen LogP) is 3.11. The molecule has 3 aromatic heterocycles. The van der Waals surface area contributed by atoms with Crippen LogP contribution in [0.15, 0.2) is 53.3 Å². The van der Waals surface area contributed by atoms with E-state index in [0.29, 0.717) is 31.5 Å². The van der Waals surface area contributed by atoms with Crippen LogP contribution in [-0.4, -0.2) is 49.6 Å². The molecule has 1 atom stereocenters. The number of aromatic nitrogens is 6. The molecular weight excluding hydrogens is 497 g/mol. The quantitative estimate of drug-likeness (QED) is 0.383. The topological polar surface area (TPSA) is 95.0 Å². The van der Waals surface area contributed by atoms with Gasteiger partial charge >= 0.3 is 0 Å². The van der Waals surface area contributed by atoms with Gasteiger partial charge in [0.1, 0.15) is 6.04 Å². The molecule has 0 N–H and O–H groups in total. The van der Waals surface area contributed by atoms with Crippen molar-refractivity contribution in [1.82, 2.24) is 29.9 Å². The minimum absolute atomic E-state index is 0.240. The van der Waals surface area contributed by atoms with Gasteiger partial charge in [-0.05, 0) is 46.9 Å². The van der Waals surface area contributed by atoms with Crippen LogP contribution in [0.1, 0.15) is 11.9 Å². The normalized spacial score (nSPS) is 16.7. The molecular formula is C20H18IN7O2. The summed E-state index contributed by atoms with van der Waals surface area (Å²) in [5, 5.41) is 13.0. The lowest BCUT2D eigenvalue weighted by Crippen LogP contribution is -2.41. The Labute approximate surface area is 186 Å². The zero-order valence-electron chi connectivity index (χ0n) is 16.1. The number of nitrogens with zero attached hydrogens (tertiary/aromatic N) is 7. The first-order chi connectivity index (χ1) is 14.7. The molecule has 152 valence electrons. The minimum Gasteiger partial charge on any atom is -0.377 e. The van der Waals surface area contributed by atoms with Gasteiger partial charge in [0.05, 0.1) is 13.2 Å². The molecule has 1 fully saturated rings. The van der Waals surface area contributed by atoms with E-state index in [1.807, 2.05) is 48.0 Å². The van der Waals surface area contributed by atoms with Gasteiger partial charge in [0.2, 0.25) is 11.8 Å². The van der Waals surface area contributed by atoms with E-state index in [9.17, 15) is 0 Å². The second kappa shape index (κ2) is 8.11. The third-order valence-corrected chi connectivity index (χ3v) is 5.66. The molecule has 0 spiro atoms. The molecule has 9 nitrogen and oxygen atoms in total. The van der Waals surface area contributed by atoms with Crippen molar-refractivity contribution in [2.75, 3.05) is 24.7 Å². The Bertz CT molecular complexity index is 1160. The summed E-state index contributed by atoms with van der Waals surface area (Å²) in [4.78, 5) is 10.8. The summed E-state index contributed by atoms with van der Waals surface area (Å²) in [6, 6.07) is 11.6. The maximum absolute atomic E-state index is 5.72. The van der Waals surface area contributed by atoms with Crippen LogP contribution >= 0.6 is 22.6 Å². The van der Waals surface area contributed by atoms with E-state index in [1.165, 1.54) is 0 Å². The summed E-state index contributed by atoms with van der Waals surface area (Å²) in [6.45, 7) is 1.67. The zero-order valence-corrected chi connectivity index (χ0v) is 18.3. The van der Waals surface area contributed by atoms with Gasteiger partial charge in [-0.25, -0.2) is 0 Å². The largest absolute Gasteiger partial charge is 0.377 e. The maximum Gasteiger partial charge on any atom is 0.252 e. The fraction of sp³-hybridized carbons (Fsp3) is 0.250. The van der Waals surface area contributed by atoms with E-state index in [0.717, 1.165) is 26.5 Å². The zero-order chi connectivity index (χ0) is 20.5. The maximum atomic E-state index is 5.72. The summed E-state index contributed by atoms with van der Waals surface area (Å²) in [6.07, 6.45) is 3.48. The van der Waals surface area contributed by atoms with Crippen LogP contribution in [0.3, 0.4) is 0 Å². The smallest absolute Gasteiger partial charge is 0.252 e. The van der Waals surface area contributed by atoms with Crippen molar-refractivity contribution >= 4 is 28.5 Å². The number of hydrogen-bond donors (Lipinski definition) is 0. The van der Waals surface area contributed by atoms with Crippen molar-refractivity contribution in [2.45, 2.75) is 6.04 Å². The second-order valence-electron chi connectivity index (χ2n) is 6.87. The number of anilines is 1.